The zero-order chi connectivity index (χ0) is 8.91. The predicted octanol–water partition coefficient (Wildman–Crippen LogP) is 0.201. The minimum atomic E-state index is -3.81. The molecular weight excluding hydrogens is 185 g/mol. The summed E-state index contributed by atoms with van der Waals surface area (Å²) in [5.41, 5.74) is 5.47. The van der Waals surface area contributed by atoms with E-state index in [1.807, 2.05) is 0 Å². The molecule has 0 saturated heterocycles. The topological polar surface area (TPSA) is 83.6 Å². The van der Waals surface area contributed by atoms with Crippen LogP contribution in [0.15, 0.2) is 0 Å². The molecule has 0 aromatic rings. The zero-order valence-corrected chi connectivity index (χ0v) is 7.97. The second-order valence-electron chi connectivity index (χ2n) is 2.47. The molecule has 0 aliphatic heterocycles. The van der Waals surface area contributed by atoms with Crippen LogP contribution in [0.4, 0.5) is 0 Å². The Morgan fingerprint density at radius 3 is 2.45 bits per heavy atom. The molecule has 0 spiro atoms. The second kappa shape index (κ2) is 5.17. The molecule has 0 bridgehead atoms. The van der Waals surface area contributed by atoms with Gasteiger partial charge < -0.3 is 15.5 Å². The SMILES string of the molecule is N[C@@H](CS)CCCP(=O)(O)O. The third kappa shape index (κ3) is 8.37. The van der Waals surface area contributed by atoms with E-state index in [1.54, 1.807) is 0 Å². The maximum atomic E-state index is 10.3. The van der Waals surface area contributed by atoms with Gasteiger partial charge in [0.2, 0.25) is 0 Å². The molecule has 4 nitrogen and oxygen atoms in total. The normalized spacial score (nSPS) is 14.9. The van der Waals surface area contributed by atoms with Crippen molar-refractivity contribution < 1.29 is 14.4 Å². The molecule has 0 saturated carbocycles. The Bertz CT molecular complexity index is 149. The first-order chi connectivity index (χ1) is 4.95. The highest BCUT2D eigenvalue weighted by Gasteiger charge is 2.12. The molecular formula is C5H14NO3PS. The molecule has 0 radical (unpaired) electrons. The average molecular weight is 199 g/mol. The lowest BCUT2D eigenvalue weighted by molar-refractivity contribution is 0.370. The van der Waals surface area contributed by atoms with E-state index in [0.29, 0.717) is 18.6 Å². The molecule has 4 N–H and O–H groups in total. The number of rotatable bonds is 5. The average Bonchev–Trinajstić information content (AvgIpc) is 1.85. The Kier molecular flexibility index (Phi) is 5.38. The van der Waals surface area contributed by atoms with E-state index in [9.17, 15) is 4.57 Å². The molecule has 68 valence electrons. The van der Waals surface area contributed by atoms with Gasteiger partial charge in [0.05, 0.1) is 0 Å². The quantitative estimate of drug-likeness (QED) is 0.376. The molecule has 11 heavy (non-hydrogen) atoms. The molecule has 0 aliphatic carbocycles. The second-order valence-corrected chi connectivity index (χ2v) is 4.61. The highest BCUT2D eigenvalue weighted by atomic mass is 32.1. The Hall–Kier alpha value is 0.460. The summed E-state index contributed by atoms with van der Waals surface area (Å²) in [6.07, 6.45) is 1.01. The zero-order valence-electron chi connectivity index (χ0n) is 6.18. The highest BCUT2D eigenvalue weighted by Crippen LogP contribution is 2.35. The van der Waals surface area contributed by atoms with Gasteiger partial charge in [-0.05, 0) is 12.8 Å². The third-order valence-electron chi connectivity index (χ3n) is 1.26. The summed E-state index contributed by atoms with van der Waals surface area (Å²) in [6.45, 7) is 0. The standard InChI is InChI=1S/C5H14NO3PS/c6-5(4-11)2-1-3-10(7,8)9/h5,11H,1-4,6H2,(H2,7,8,9)/t5-/m1/s1. The first kappa shape index (κ1) is 11.5. The fourth-order valence-electron chi connectivity index (χ4n) is 0.651. The van der Waals surface area contributed by atoms with Crippen molar-refractivity contribution in [2.45, 2.75) is 18.9 Å². The lowest BCUT2D eigenvalue weighted by atomic mass is 10.2. The first-order valence-electron chi connectivity index (χ1n) is 3.36. The van der Waals surface area contributed by atoms with Crippen LogP contribution in [0.5, 0.6) is 0 Å². The summed E-state index contributed by atoms with van der Waals surface area (Å²) >= 11 is 3.94. The van der Waals surface area contributed by atoms with Gasteiger partial charge >= 0.3 is 7.60 Å². The van der Waals surface area contributed by atoms with Gasteiger partial charge in [-0.25, -0.2) is 0 Å². The van der Waals surface area contributed by atoms with E-state index < -0.39 is 7.60 Å². The molecule has 1 atom stereocenters. The van der Waals surface area contributed by atoms with Crippen LogP contribution in [-0.2, 0) is 4.57 Å². The van der Waals surface area contributed by atoms with E-state index in [2.05, 4.69) is 12.6 Å². The fraction of sp³-hybridized carbons (Fsp3) is 1.00. The maximum absolute atomic E-state index is 10.3. The lowest BCUT2D eigenvalue weighted by Crippen LogP contribution is -2.21. The van der Waals surface area contributed by atoms with Crippen molar-refractivity contribution >= 4 is 20.2 Å². The van der Waals surface area contributed by atoms with Gasteiger partial charge in [0.25, 0.3) is 0 Å². The molecule has 0 heterocycles. The predicted molar refractivity (Wildman–Crippen MR) is 48.0 cm³/mol. The molecule has 0 fully saturated rings. The van der Waals surface area contributed by atoms with Crippen molar-refractivity contribution in [2.75, 3.05) is 11.9 Å². The summed E-state index contributed by atoms with van der Waals surface area (Å²) in [6, 6.07) is -0.0510. The Labute approximate surface area is 71.7 Å². The highest BCUT2D eigenvalue weighted by molar-refractivity contribution is 7.80. The van der Waals surface area contributed by atoms with E-state index in [-0.39, 0.29) is 12.2 Å². The van der Waals surface area contributed by atoms with Crippen molar-refractivity contribution in [1.82, 2.24) is 0 Å². The van der Waals surface area contributed by atoms with Gasteiger partial charge in [0, 0.05) is 18.0 Å². The maximum Gasteiger partial charge on any atom is 0.325 e. The Morgan fingerprint density at radius 1 is 1.55 bits per heavy atom. The minimum Gasteiger partial charge on any atom is -0.327 e. The van der Waals surface area contributed by atoms with Crippen LogP contribution in [0.2, 0.25) is 0 Å². The van der Waals surface area contributed by atoms with Gasteiger partial charge in [-0.15, -0.1) is 0 Å². The van der Waals surface area contributed by atoms with E-state index in [1.165, 1.54) is 0 Å². The number of nitrogens with two attached hydrogens (primary N) is 1. The van der Waals surface area contributed by atoms with E-state index in [0.717, 1.165) is 0 Å². The molecule has 0 rings (SSSR count). The summed E-state index contributed by atoms with van der Waals surface area (Å²) in [5, 5.41) is 0. The molecule has 6 heteroatoms. The van der Waals surface area contributed by atoms with Crippen LogP contribution in [0.25, 0.3) is 0 Å². The van der Waals surface area contributed by atoms with Crippen molar-refractivity contribution in [3.63, 3.8) is 0 Å². The summed E-state index contributed by atoms with van der Waals surface area (Å²) < 4.78 is 10.3. The lowest BCUT2D eigenvalue weighted by Gasteiger charge is -2.07. The van der Waals surface area contributed by atoms with E-state index >= 15 is 0 Å². The Morgan fingerprint density at radius 2 is 2.09 bits per heavy atom. The summed E-state index contributed by atoms with van der Waals surface area (Å²) in [4.78, 5) is 16.9. The van der Waals surface area contributed by atoms with Crippen LogP contribution in [0.3, 0.4) is 0 Å². The summed E-state index contributed by atoms with van der Waals surface area (Å²) in [7, 11) is -3.81. The van der Waals surface area contributed by atoms with Gasteiger partial charge in [0.1, 0.15) is 0 Å². The van der Waals surface area contributed by atoms with E-state index in [4.69, 9.17) is 15.5 Å². The van der Waals surface area contributed by atoms with Crippen LogP contribution in [-0.4, -0.2) is 27.7 Å². The molecule has 0 aromatic heterocycles. The van der Waals surface area contributed by atoms with Crippen LogP contribution in [0.1, 0.15) is 12.8 Å². The van der Waals surface area contributed by atoms with Crippen molar-refractivity contribution in [2.24, 2.45) is 5.73 Å². The number of hydrogen-bond donors (Lipinski definition) is 4. The van der Waals surface area contributed by atoms with Crippen molar-refractivity contribution in [3.05, 3.63) is 0 Å². The van der Waals surface area contributed by atoms with Crippen molar-refractivity contribution in [1.29, 1.82) is 0 Å². The van der Waals surface area contributed by atoms with Gasteiger partial charge in [-0.3, -0.25) is 4.57 Å². The van der Waals surface area contributed by atoms with Gasteiger partial charge in [-0.2, -0.15) is 12.6 Å². The fourth-order valence-corrected chi connectivity index (χ4v) is 1.43. The first-order valence-corrected chi connectivity index (χ1v) is 5.79. The van der Waals surface area contributed by atoms with Crippen LogP contribution >= 0.6 is 20.2 Å². The Balaban J connectivity index is 3.35. The molecule has 0 aliphatic rings. The number of thiol groups is 1. The van der Waals surface area contributed by atoms with Gasteiger partial charge in [-0.1, -0.05) is 0 Å². The number of hydrogen-bond acceptors (Lipinski definition) is 3. The van der Waals surface area contributed by atoms with Gasteiger partial charge in [0.15, 0.2) is 0 Å². The molecule has 0 aromatic carbocycles. The van der Waals surface area contributed by atoms with Crippen LogP contribution in [0, 0.1) is 0 Å². The van der Waals surface area contributed by atoms with Crippen LogP contribution < -0.4 is 5.73 Å². The van der Waals surface area contributed by atoms with Crippen molar-refractivity contribution in [3.8, 4) is 0 Å². The largest absolute Gasteiger partial charge is 0.327 e. The third-order valence-corrected chi connectivity index (χ3v) is 2.63. The summed E-state index contributed by atoms with van der Waals surface area (Å²) in [5.74, 6) is 0.557. The molecule has 0 unspecified atom stereocenters. The minimum absolute atomic E-state index is 0.0510. The molecule has 0 amide bonds. The monoisotopic (exact) mass is 199 g/mol. The smallest absolute Gasteiger partial charge is 0.325 e.